The Bertz CT molecular complexity index is 610. The van der Waals surface area contributed by atoms with Crippen LogP contribution in [0.1, 0.15) is 0 Å². The van der Waals surface area contributed by atoms with Crippen LogP contribution >= 0.6 is 0 Å². The monoisotopic (exact) mass is 188 g/mol. The summed E-state index contributed by atoms with van der Waals surface area (Å²) < 4.78 is 2.40. The smallest absolute Gasteiger partial charge is 0.265 e. The zero-order chi connectivity index (χ0) is 9.71. The van der Waals surface area contributed by atoms with E-state index in [1.54, 1.807) is 0 Å². The second kappa shape index (κ2) is 2.16. The highest BCUT2D eigenvalue weighted by Crippen LogP contribution is 1.93. The van der Waals surface area contributed by atoms with Crippen LogP contribution in [0.5, 0.6) is 0 Å². The van der Waals surface area contributed by atoms with Gasteiger partial charge in [-0.15, -0.1) is 0 Å². The van der Waals surface area contributed by atoms with Crippen molar-refractivity contribution >= 4 is 11.3 Å². The lowest BCUT2D eigenvalue weighted by atomic mass is 10.6. The fraction of sp³-hybridized carbons (Fsp3) is 0. The molecule has 0 aliphatic rings. The third kappa shape index (κ3) is 0.657. The zero-order valence-corrected chi connectivity index (χ0v) is 6.91. The van der Waals surface area contributed by atoms with Gasteiger partial charge in [0.2, 0.25) is 11.3 Å². The lowest BCUT2D eigenvalue weighted by Gasteiger charge is -1.92. The maximum atomic E-state index is 11.7. The van der Waals surface area contributed by atoms with Crippen LogP contribution in [-0.2, 0) is 0 Å². The minimum atomic E-state index is -0.331. The lowest BCUT2D eigenvalue weighted by molar-refractivity contribution is 1.01. The highest BCUT2D eigenvalue weighted by molar-refractivity contribution is 5.45. The van der Waals surface area contributed by atoms with Crippen LogP contribution in [0.2, 0.25) is 0 Å². The molecular formula is C8H4N4O2. The van der Waals surface area contributed by atoms with Crippen LogP contribution in [0.4, 0.5) is 0 Å². The molecule has 14 heavy (non-hydrogen) atoms. The molecule has 0 spiro atoms. The predicted molar refractivity (Wildman–Crippen MR) is 47.7 cm³/mol. The maximum Gasteiger partial charge on any atom is 0.300 e. The molecule has 3 heterocycles. The Morgan fingerprint density at radius 1 is 0.857 bits per heavy atom. The molecule has 0 saturated carbocycles. The highest BCUT2D eigenvalue weighted by Gasteiger charge is 2.10. The molecule has 0 amide bonds. The van der Waals surface area contributed by atoms with Crippen molar-refractivity contribution < 1.29 is 0 Å². The zero-order valence-electron chi connectivity index (χ0n) is 6.91. The first-order valence-corrected chi connectivity index (χ1v) is 3.95. The summed E-state index contributed by atoms with van der Waals surface area (Å²) in [4.78, 5) is 30.9. The standard InChI is InChI=1S/C8H4N4O2/c13-7-5-9-1-3-11(5)8(14)6-10-2-4-12(6)7/h1-4H. The second-order valence-electron chi connectivity index (χ2n) is 2.85. The molecule has 6 nitrogen and oxygen atoms in total. The van der Waals surface area contributed by atoms with Crippen molar-refractivity contribution in [3.8, 4) is 0 Å². The summed E-state index contributed by atoms with van der Waals surface area (Å²) in [6.45, 7) is 0. The third-order valence-corrected chi connectivity index (χ3v) is 2.10. The molecule has 0 fully saturated rings. The largest absolute Gasteiger partial charge is 0.300 e. The van der Waals surface area contributed by atoms with Crippen molar-refractivity contribution in [3.63, 3.8) is 0 Å². The van der Waals surface area contributed by atoms with Gasteiger partial charge in [-0.3, -0.25) is 18.4 Å². The summed E-state index contributed by atoms with van der Waals surface area (Å²) in [5, 5.41) is 0. The van der Waals surface area contributed by atoms with E-state index in [0.29, 0.717) is 0 Å². The molecule has 0 atom stereocenters. The molecule has 68 valence electrons. The van der Waals surface area contributed by atoms with Crippen molar-refractivity contribution in [2.75, 3.05) is 0 Å². The number of rotatable bonds is 0. The summed E-state index contributed by atoms with van der Waals surface area (Å²) in [6, 6.07) is 0. The summed E-state index contributed by atoms with van der Waals surface area (Å²) in [5.74, 6) is 0. The molecule has 0 aliphatic carbocycles. The van der Waals surface area contributed by atoms with E-state index in [9.17, 15) is 9.59 Å². The number of hydrogen-bond acceptors (Lipinski definition) is 4. The summed E-state index contributed by atoms with van der Waals surface area (Å²) in [6.07, 6.45) is 5.73. The topological polar surface area (TPSA) is 68.7 Å². The Morgan fingerprint density at radius 2 is 1.29 bits per heavy atom. The highest BCUT2D eigenvalue weighted by atomic mass is 16.1. The van der Waals surface area contributed by atoms with Crippen molar-refractivity contribution in [1.82, 2.24) is 18.8 Å². The molecule has 0 aliphatic heterocycles. The van der Waals surface area contributed by atoms with E-state index in [-0.39, 0.29) is 22.4 Å². The minimum absolute atomic E-state index is 0.125. The average molecular weight is 188 g/mol. The molecule has 3 aromatic heterocycles. The van der Waals surface area contributed by atoms with Crippen LogP contribution in [-0.4, -0.2) is 18.8 Å². The van der Waals surface area contributed by atoms with Crippen LogP contribution in [0, 0.1) is 0 Å². The molecule has 0 radical (unpaired) electrons. The van der Waals surface area contributed by atoms with Crippen LogP contribution in [0.3, 0.4) is 0 Å². The Balaban J connectivity index is 2.88. The van der Waals surface area contributed by atoms with E-state index >= 15 is 0 Å². The number of aromatic nitrogens is 4. The molecular weight excluding hydrogens is 184 g/mol. The summed E-state index contributed by atoms with van der Waals surface area (Å²) in [5.41, 5.74) is -0.412. The normalized spacial score (nSPS) is 11.4. The molecule has 3 aromatic rings. The SMILES string of the molecule is O=c1c2nccn2c(=O)c2nccn12. The number of fused-ring (bicyclic) bond motifs is 2. The van der Waals surface area contributed by atoms with Gasteiger partial charge in [0.15, 0.2) is 0 Å². The molecule has 0 unspecified atom stereocenters. The van der Waals surface area contributed by atoms with Gasteiger partial charge >= 0.3 is 0 Å². The van der Waals surface area contributed by atoms with E-state index in [2.05, 4.69) is 9.97 Å². The minimum Gasteiger partial charge on any atom is -0.265 e. The number of nitrogens with zero attached hydrogens (tertiary/aromatic N) is 4. The van der Waals surface area contributed by atoms with Gasteiger partial charge in [0.05, 0.1) is 0 Å². The van der Waals surface area contributed by atoms with E-state index in [4.69, 9.17) is 0 Å². The van der Waals surface area contributed by atoms with Crippen LogP contribution in [0.25, 0.3) is 11.3 Å². The quantitative estimate of drug-likeness (QED) is 0.460. The molecule has 0 aromatic carbocycles. The second-order valence-corrected chi connectivity index (χ2v) is 2.85. The molecule has 0 saturated heterocycles. The number of hydrogen-bond donors (Lipinski definition) is 0. The summed E-state index contributed by atoms with van der Waals surface area (Å²) in [7, 11) is 0. The summed E-state index contributed by atoms with van der Waals surface area (Å²) >= 11 is 0. The van der Waals surface area contributed by atoms with E-state index in [1.165, 1.54) is 33.6 Å². The van der Waals surface area contributed by atoms with Gasteiger partial charge in [0.1, 0.15) is 0 Å². The van der Waals surface area contributed by atoms with Gasteiger partial charge in [-0.2, -0.15) is 0 Å². The van der Waals surface area contributed by atoms with Gasteiger partial charge in [-0.1, -0.05) is 0 Å². The number of imidazole rings is 2. The predicted octanol–water partition coefficient (Wildman–Crippen LogP) is -0.860. The van der Waals surface area contributed by atoms with Gasteiger partial charge in [0.25, 0.3) is 11.1 Å². The molecule has 0 bridgehead atoms. The van der Waals surface area contributed by atoms with Gasteiger partial charge in [-0.25, -0.2) is 9.97 Å². The Hall–Kier alpha value is -2.24. The molecule has 6 heteroatoms. The Kier molecular flexibility index (Phi) is 1.11. The fourth-order valence-corrected chi connectivity index (χ4v) is 1.47. The Morgan fingerprint density at radius 3 is 1.71 bits per heavy atom. The average Bonchev–Trinajstić information content (AvgIpc) is 2.82. The molecule has 0 N–H and O–H groups in total. The maximum absolute atomic E-state index is 11.7. The van der Waals surface area contributed by atoms with Gasteiger partial charge in [0, 0.05) is 24.8 Å². The van der Waals surface area contributed by atoms with E-state index in [0.717, 1.165) is 0 Å². The fourth-order valence-electron chi connectivity index (χ4n) is 1.47. The van der Waals surface area contributed by atoms with Gasteiger partial charge in [-0.05, 0) is 0 Å². The first-order valence-electron chi connectivity index (χ1n) is 3.95. The van der Waals surface area contributed by atoms with E-state index in [1.807, 2.05) is 0 Å². The van der Waals surface area contributed by atoms with Crippen LogP contribution in [0.15, 0.2) is 34.4 Å². The van der Waals surface area contributed by atoms with Crippen LogP contribution < -0.4 is 11.1 Å². The van der Waals surface area contributed by atoms with Gasteiger partial charge < -0.3 is 0 Å². The van der Waals surface area contributed by atoms with E-state index < -0.39 is 0 Å². The molecule has 3 rings (SSSR count). The van der Waals surface area contributed by atoms with Crippen molar-refractivity contribution in [2.45, 2.75) is 0 Å². The third-order valence-electron chi connectivity index (χ3n) is 2.10. The van der Waals surface area contributed by atoms with Crippen molar-refractivity contribution in [1.29, 1.82) is 0 Å². The first kappa shape index (κ1) is 7.19. The van der Waals surface area contributed by atoms with Crippen molar-refractivity contribution in [2.24, 2.45) is 0 Å². The van der Waals surface area contributed by atoms with Crippen molar-refractivity contribution in [3.05, 3.63) is 45.5 Å². The lowest BCUT2D eigenvalue weighted by Crippen LogP contribution is -2.25. The first-order chi connectivity index (χ1) is 6.79. The Labute approximate surface area is 76.4 Å².